The third kappa shape index (κ3) is 3.55. The zero-order chi connectivity index (χ0) is 18.9. The zero-order valence-corrected chi connectivity index (χ0v) is 15.6. The maximum Gasteiger partial charge on any atom is 0.274 e. The monoisotopic (exact) mass is 438 g/mol. The molecule has 2 aromatic carbocycles. The van der Waals surface area contributed by atoms with E-state index in [1.54, 1.807) is 18.2 Å². The van der Waals surface area contributed by atoms with E-state index in [0.717, 1.165) is 6.07 Å². The minimum Gasteiger partial charge on any atom is -0.280 e. The summed E-state index contributed by atoms with van der Waals surface area (Å²) in [5, 5.41) is 24.6. The highest BCUT2D eigenvalue weighted by Crippen LogP contribution is 2.31. The molecule has 12 heteroatoms. The van der Waals surface area contributed by atoms with E-state index in [0.29, 0.717) is 21.4 Å². The number of rotatable bonds is 5. The number of nitro benzene ring substituents is 1. The van der Waals surface area contributed by atoms with E-state index < -0.39 is 14.9 Å². The normalized spacial score (nSPS) is 11.3. The van der Waals surface area contributed by atoms with Crippen molar-refractivity contribution in [1.29, 1.82) is 0 Å². The molecule has 0 aliphatic carbocycles. The van der Waals surface area contributed by atoms with Crippen molar-refractivity contribution >= 4 is 37.3 Å². The molecule has 0 atom stereocenters. The molecule has 0 unspecified atom stereocenters. The van der Waals surface area contributed by atoms with Crippen LogP contribution in [0.25, 0.3) is 11.4 Å². The lowest BCUT2D eigenvalue weighted by Gasteiger charge is -2.10. The van der Waals surface area contributed by atoms with Crippen LogP contribution in [0, 0.1) is 17.0 Å². The minimum atomic E-state index is -4.04. The molecule has 0 radical (unpaired) electrons. The number of sulfonamides is 1. The summed E-state index contributed by atoms with van der Waals surface area (Å²) in [6, 6.07) is 8.71. The van der Waals surface area contributed by atoms with Gasteiger partial charge in [-0.05, 0) is 30.3 Å². The molecule has 26 heavy (non-hydrogen) atoms. The van der Waals surface area contributed by atoms with Gasteiger partial charge in [0.1, 0.15) is 0 Å². The average Bonchev–Trinajstić information content (AvgIpc) is 3.11. The van der Waals surface area contributed by atoms with E-state index in [9.17, 15) is 18.5 Å². The fourth-order valence-corrected chi connectivity index (χ4v) is 3.90. The Morgan fingerprint density at radius 1 is 1.27 bits per heavy atom. The van der Waals surface area contributed by atoms with Crippen LogP contribution in [0.5, 0.6) is 0 Å². The molecule has 0 saturated carbocycles. The number of benzene rings is 2. The molecule has 0 saturated heterocycles. The second-order valence-corrected chi connectivity index (χ2v) is 7.76. The van der Waals surface area contributed by atoms with E-state index in [1.165, 1.54) is 19.1 Å². The van der Waals surface area contributed by atoms with Gasteiger partial charge in [-0.1, -0.05) is 28.1 Å². The number of halogens is 1. The summed E-state index contributed by atoms with van der Waals surface area (Å²) in [6.45, 7) is 1.53. The molecule has 1 heterocycles. The number of tetrazole rings is 1. The van der Waals surface area contributed by atoms with E-state index in [-0.39, 0.29) is 16.3 Å². The highest BCUT2D eigenvalue weighted by Gasteiger charge is 2.22. The molecule has 134 valence electrons. The summed E-state index contributed by atoms with van der Waals surface area (Å²) >= 11 is 3.16. The van der Waals surface area contributed by atoms with Gasteiger partial charge in [-0.2, -0.15) is 5.21 Å². The van der Waals surface area contributed by atoms with E-state index in [4.69, 9.17) is 0 Å². The Kier molecular flexibility index (Phi) is 4.70. The quantitative estimate of drug-likeness (QED) is 0.459. The van der Waals surface area contributed by atoms with E-state index >= 15 is 0 Å². The fourth-order valence-electron chi connectivity index (χ4n) is 2.20. The van der Waals surface area contributed by atoms with Crippen LogP contribution in [-0.2, 0) is 10.0 Å². The van der Waals surface area contributed by atoms with E-state index in [1.807, 2.05) is 0 Å². The number of H-pyrrole nitrogens is 1. The van der Waals surface area contributed by atoms with Crippen molar-refractivity contribution in [2.45, 2.75) is 11.8 Å². The van der Waals surface area contributed by atoms with Gasteiger partial charge in [0.15, 0.2) is 0 Å². The standard InChI is InChI=1S/C14H11BrN6O4S/c1-8-12(15)6-11(7-13(8)21(22)23)26(24,25)18-10-4-2-3-9(5-10)14-16-19-20-17-14/h2-7,18H,1H3,(H,16,17,19,20). The Morgan fingerprint density at radius 3 is 2.69 bits per heavy atom. The zero-order valence-electron chi connectivity index (χ0n) is 13.2. The molecule has 3 rings (SSSR count). The van der Waals surface area contributed by atoms with Gasteiger partial charge >= 0.3 is 0 Å². The van der Waals surface area contributed by atoms with Crippen molar-refractivity contribution in [1.82, 2.24) is 20.6 Å². The predicted molar refractivity (Wildman–Crippen MR) is 96.0 cm³/mol. The second kappa shape index (κ2) is 6.80. The van der Waals surface area contributed by atoms with Crippen LogP contribution in [0.3, 0.4) is 0 Å². The van der Waals surface area contributed by atoms with Crippen molar-refractivity contribution in [2.24, 2.45) is 0 Å². The number of hydrogen-bond donors (Lipinski definition) is 2. The van der Waals surface area contributed by atoms with Crippen molar-refractivity contribution in [3.05, 3.63) is 56.5 Å². The lowest BCUT2D eigenvalue weighted by Crippen LogP contribution is -2.13. The smallest absolute Gasteiger partial charge is 0.274 e. The molecule has 1 aromatic heterocycles. The molecular formula is C14H11BrN6O4S. The summed E-state index contributed by atoms with van der Waals surface area (Å²) in [5.74, 6) is 0.305. The molecular weight excluding hydrogens is 428 g/mol. The highest BCUT2D eigenvalue weighted by molar-refractivity contribution is 9.10. The largest absolute Gasteiger partial charge is 0.280 e. The summed E-state index contributed by atoms with van der Waals surface area (Å²) in [6.07, 6.45) is 0. The Morgan fingerprint density at radius 2 is 2.04 bits per heavy atom. The summed E-state index contributed by atoms with van der Waals surface area (Å²) < 4.78 is 28.0. The molecule has 0 aliphatic heterocycles. The van der Waals surface area contributed by atoms with Crippen molar-refractivity contribution in [2.75, 3.05) is 4.72 Å². The summed E-state index contributed by atoms with van der Waals surface area (Å²) in [4.78, 5) is 10.3. The number of aromatic amines is 1. The van der Waals surface area contributed by atoms with Gasteiger partial charge in [-0.3, -0.25) is 14.8 Å². The molecule has 10 nitrogen and oxygen atoms in total. The molecule has 0 spiro atoms. The van der Waals surface area contributed by atoms with Gasteiger partial charge in [0.25, 0.3) is 15.7 Å². The van der Waals surface area contributed by atoms with Crippen LogP contribution in [0.1, 0.15) is 5.56 Å². The first-order valence-electron chi connectivity index (χ1n) is 7.09. The van der Waals surface area contributed by atoms with Gasteiger partial charge in [0.05, 0.1) is 9.82 Å². The van der Waals surface area contributed by atoms with Crippen LogP contribution in [-0.4, -0.2) is 34.0 Å². The molecule has 0 bridgehead atoms. The first kappa shape index (κ1) is 17.9. The van der Waals surface area contributed by atoms with E-state index in [2.05, 4.69) is 41.3 Å². The molecule has 0 fully saturated rings. The molecule has 0 amide bonds. The summed E-state index contributed by atoms with van der Waals surface area (Å²) in [7, 11) is -4.04. The Hall–Kier alpha value is -2.86. The van der Waals surface area contributed by atoms with Gasteiger partial charge < -0.3 is 0 Å². The van der Waals surface area contributed by atoms with Gasteiger partial charge in [-0.25, -0.2) is 8.42 Å². The number of nitro groups is 1. The Balaban J connectivity index is 1.98. The van der Waals surface area contributed by atoms with Gasteiger partial charge in [0.2, 0.25) is 5.82 Å². The second-order valence-electron chi connectivity index (χ2n) is 5.23. The summed E-state index contributed by atoms with van der Waals surface area (Å²) in [5.41, 5.74) is 0.856. The van der Waals surface area contributed by atoms with Crippen LogP contribution in [0.4, 0.5) is 11.4 Å². The number of anilines is 1. The highest BCUT2D eigenvalue weighted by atomic mass is 79.9. The first-order chi connectivity index (χ1) is 12.3. The lowest BCUT2D eigenvalue weighted by molar-refractivity contribution is -0.385. The Labute approximate surface area is 156 Å². The van der Waals surface area contributed by atoms with Gasteiger partial charge in [-0.15, -0.1) is 10.2 Å². The van der Waals surface area contributed by atoms with Crippen LogP contribution < -0.4 is 4.72 Å². The van der Waals surface area contributed by atoms with Crippen molar-refractivity contribution in [3.8, 4) is 11.4 Å². The first-order valence-corrected chi connectivity index (χ1v) is 9.37. The third-order valence-electron chi connectivity index (χ3n) is 3.52. The topological polar surface area (TPSA) is 144 Å². The third-order valence-corrected chi connectivity index (χ3v) is 5.70. The maximum absolute atomic E-state index is 12.6. The fraction of sp³-hybridized carbons (Fsp3) is 0.0714. The number of hydrogen-bond acceptors (Lipinski definition) is 7. The number of nitrogens with one attached hydrogen (secondary N) is 2. The van der Waals surface area contributed by atoms with Crippen molar-refractivity contribution < 1.29 is 13.3 Å². The van der Waals surface area contributed by atoms with Crippen molar-refractivity contribution in [3.63, 3.8) is 0 Å². The number of aromatic nitrogens is 4. The average molecular weight is 439 g/mol. The Bertz CT molecular complexity index is 1080. The molecule has 3 aromatic rings. The van der Waals surface area contributed by atoms with Crippen LogP contribution in [0.2, 0.25) is 0 Å². The lowest BCUT2D eigenvalue weighted by atomic mass is 10.2. The molecule has 0 aliphatic rings. The molecule has 2 N–H and O–H groups in total. The SMILES string of the molecule is Cc1c(Br)cc(S(=O)(=O)Nc2cccc(-c3nn[nH]n3)c2)cc1[N+](=O)[O-]. The van der Waals surface area contributed by atoms with Gasteiger partial charge in [0, 0.05) is 27.4 Å². The minimum absolute atomic E-state index is 0.230. The van der Waals surface area contributed by atoms with Crippen LogP contribution >= 0.6 is 15.9 Å². The predicted octanol–water partition coefficient (Wildman–Crippen LogP) is 2.65. The number of nitrogens with zero attached hydrogens (tertiary/aromatic N) is 4. The maximum atomic E-state index is 12.6. The van der Waals surface area contributed by atoms with Crippen LogP contribution in [0.15, 0.2) is 45.8 Å².